The van der Waals surface area contributed by atoms with Gasteiger partial charge in [-0.15, -0.1) is 0 Å². The van der Waals surface area contributed by atoms with Crippen molar-refractivity contribution in [2.24, 2.45) is 0 Å². The van der Waals surface area contributed by atoms with Gasteiger partial charge in [0, 0.05) is 13.1 Å². The van der Waals surface area contributed by atoms with Crippen LogP contribution in [-0.4, -0.2) is 19.6 Å². The summed E-state index contributed by atoms with van der Waals surface area (Å²) in [6, 6.07) is 0. The molecule has 0 heterocycles. The molecule has 0 radical (unpaired) electrons. The molecule has 0 saturated heterocycles. The minimum Gasteiger partial charge on any atom is -0.391 e. The van der Waals surface area contributed by atoms with Crippen LogP contribution in [0.5, 0.6) is 0 Å². The first-order valence-electron chi connectivity index (χ1n) is 4.51. The van der Waals surface area contributed by atoms with Crippen molar-refractivity contribution in [3.05, 3.63) is 12.3 Å². The van der Waals surface area contributed by atoms with Gasteiger partial charge in [0.1, 0.15) is 0 Å². The lowest BCUT2D eigenvalue weighted by atomic mass is 10.4. The Morgan fingerprint density at radius 3 is 2.45 bits per heavy atom. The van der Waals surface area contributed by atoms with Crippen LogP contribution in [0, 0.1) is 0 Å². The van der Waals surface area contributed by atoms with Crippen molar-refractivity contribution in [3.63, 3.8) is 0 Å². The fraction of sp³-hybridized carbons (Fsp3) is 0.778. The largest absolute Gasteiger partial charge is 0.391 e. The SMILES string of the molecule is CCCN/C=C/CNCCC. The van der Waals surface area contributed by atoms with Crippen LogP contribution < -0.4 is 10.6 Å². The molecule has 0 aromatic carbocycles. The van der Waals surface area contributed by atoms with Crippen LogP contribution in [0.1, 0.15) is 26.7 Å². The Morgan fingerprint density at radius 1 is 1.09 bits per heavy atom. The first-order valence-corrected chi connectivity index (χ1v) is 4.51. The van der Waals surface area contributed by atoms with Gasteiger partial charge in [0.05, 0.1) is 0 Å². The summed E-state index contributed by atoms with van der Waals surface area (Å²) < 4.78 is 0. The third-order valence-corrected chi connectivity index (χ3v) is 1.32. The molecule has 0 fully saturated rings. The molecule has 11 heavy (non-hydrogen) atoms. The minimum absolute atomic E-state index is 0.977. The maximum atomic E-state index is 3.29. The van der Waals surface area contributed by atoms with Crippen molar-refractivity contribution >= 4 is 0 Å². The highest BCUT2D eigenvalue weighted by Crippen LogP contribution is 1.72. The lowest BCUT2D eigenvalue weighted by molar-refractivity contribution is 0.724. The Bertz CT molecular complexity index is 89.6. The smallest absolute Gasteiger partial charge is 0.0151 e. The van der Waals surface area contributed by atoms with E-state index in [0.717, 1.165) is 19.6 Å². The van der Waals surface area contributed by atoms with Crippen molar-refractivity contribution in [1.29, 1.82) is 0 Å². The molecule has 0 aliphatic heterocycles. The quantitative estimate of drug-likeness (QED) is 0.546. The van der Waals surface area contributed by atoms with Crippen molar-refractivity contribution in [3.8, 4) is 0 Å². The molecule has 0 bridgehead atoms. The zero-order valence-corrected chi connectivity index (χ0v) is 7.69. The van der Waals surface area contributed by atoms with Gasteiger partial charge in [0.25, 0.3) is 0 Å². The van der Waals surface area contributed by atoms with Crippen molar-refractivity contribution in [2.75, 3.05) is 19.6 Å². The average Bonchev–Trinajstić information content (AvgIpc) is 2.03. The van der Waals surface area contributed by atoms with E-state index in [0.29, 0.717) is 0 Å². The van der Waals surface area contributed by atoms with Gasteiger partial charge >= 0.3 is 0 Å². The molecule has 2 N–H and O–H groups in total. The Balaban J connectivity index is 2.91. The van der Waals surface area contributed by atoms with Crippen LogP contribution in [0.2, 0.25) is 0 Å². The van der Waals surface area contributed by atoms with Crippen LogP contribution in [0.4, 0.5) is 0 Å². The van der Waals surface area contributed by atoms with Gasteiger partial charge < -0.3 is 10.6 Å². The van der Waals surface area contributed by atoms with Crippen LogP contribution >= 0.6 is 0 Å². The standard InChI is InChI=1S/C9H20N2/c1-3-6-10-8-5-9-11-7-4-2/h5,8,10-11H,3-4,6-7,9H2,1-2H3/b8-5+. The van der Waals surface area contributed by atoms with Gasteiger partial charge in [-0.1, -0.05) is 19.9 Å². The average molecular weight is 156 g/mol. The molecule has 0 spiro atoms. The molecule has 0 rings (SSSR count). The summed E-state index contributed by atoms with van der Waals surface area (Å²) in [5.41, 5.74) is 0. The van der Waals surface area contributed by atoms with Crippen LogP contribution in [0.3, 0.4) is 0 Å². The lowest BCUT2D eigenvalue weighted by Crippen LogP contribution is -2.15. The van der Waals surface area contributed by atoms with E-state index in [2.05, 4.69) is 30.6 Å². The van der Waals surface area contributed by atoms with Crippen molar-refractivity contribution in [2.45, 2.75) is 26.7 Å². The second kappa shape index (κ2) is 9.50. The molecule has 2 heteroatoms. The Morgan fingerprint density at radius 2 is 1.82 bits per heavy atom. The van der Waals surface area contributed by atoms with E-state index in [1.54, 1.807) is 0 Å². The molecule has 0 aromatic rings. The summed E-state index contributed by atoms with van der Waals surface area (Å²) in [4.78, 5) is 0. The van der Waals surface area contributed by atoms with E-state index in [1.807, 2.05) is 6.20 Å². The van der Waals surface area contributed by atoms with Gasteiger partial charge in [0.15, 0.2) is 0 Å². The van der Waals surface area contributed by atoms with E-state index in [4.69, 9.17) is 0 Å². The predicted octanol–water partition coefficient (Wildman–Crippen LogP) is 1.50. The molecule has 0 aliphatic carbocycles. The van der Waals surface area contributed by atoms with Crippen LogP contribution in [0.25, 0.3) is 0 Å². The second-order valence-corrected chi connectivity index (χ2v) is 2.56. The molecule has 0 aromatic heterocycles. The highest BCUT2D eigenvalue weighted by Gasteiger charge is 1.77. The molecule has 0 aliphatic rings. The van der Waals surface area contributed by atoms with E-state index < -0.39 is 0 Å². The van der Waals surface area contributed by atoms with E-state index >= 15 is 0 Å². The Kier molecular flexibility index (Phi) is 9.07. The summed E-state index contributed by atoms with van der Waals surface area (Å²) >= 11 is 0. The highest BCUT2D eigenvalue weighted by atomic mass is 14.9. The molecule has 0 unspecified atom stereocenters. The maximum Gasteiger partial charge on any atom is 0.0151 e. The fourth-order valence-corrected chi connectivity index (χ4v) is 0.732. The molecular formula is C9H20N2. The van der Waals surface area contributed by atoms with E-state index in [-0.39, 0.29) is 0 Å². The summed E-state index contributed by atoms with van der Waals surface area (Å²) in [6.07, 6.45) is 6.53. The Hall–Kier alpha value is -0.500. The molecule has 2 nitrogen and oxygen atoms in total. The molecule has 0 amide bonds. The van der Waals surface area contributed by atoms with Crippen LogP contribution in [0.15, 0.2) is 12.3 Å². The maximum absolute atomic E-state index is 3.29. The van der Waals surface area contributed by atoms with Gasteiger partial charge in [0.2, 0.25) is 0 Å². The zero-order valence-electron chi connectivity index (χ0n) is 7.69. The number of rotatable bonds is 7. The van der Waals surface area contributed by atoms with E-state index in [1.165, 1.54) is 12.8 Å². The lowest BCUT2D eigenvalue weighted by Gasteiger charge is -1.97. The van der Waals surface area contributed by atoms with Gasteiger partial charge in [-0.3, -0.25) is 0 Å². The second-order valence-electron chi connectivity index (χ2n) is 2.56. The highest BCUT2D eigenvalue weighted by molar-refractivity contribution is 4.81. The van der Waals surface area contributed by atoms with Crippen molar-refractivity contribution in [1.82, 2.24) is 10.6 Å². The van der Waals surface area contributed by atoms with Crippen molar-refractivity contribution < 1.29 is 0 Å². The first kappa shape index (κ1) is 10.5. The number of hydrogen-bond donors (Lipinski definition) is 2. The minimum atomic E-state index is 0.977. The van der Waals surface area contributed by atoms with Gasteiger partial charge in [-0.2, -0.15) is 0 Å². The molecular weight excluding hydrogens is 136 g/mol. The topological polar surface area (TPSA) is 24.1 Å². The monoisotopic (exact) mass is 156 g/mol. The Labute approximate surface area is 70.1 Å². The van der Waals surface area contributed by atoms with Gasteiger partial charge in [-0.25, -0.2) is 0 Å². The zero-order chi connectivity index (χ0) is 8.36. The predicted molar refractivity (Wildman–Crippen MR) is 50.6 cm³/mol. The van der Waals surface area contributed by atoms with E-state index in [9.17, 15) is 0 Å². The summed E-state index contributed by atoms with van der Waals surface area (Å²) in [6.45, 7) is 7.50. The van der Waals surface area contributed by atoms with Gasteiger partial charge in [-0.05, 0) is 25.6 Å². The summed E-state index contributed by atoms with van der Waals surface area (Å²) in [5, 5.41) is 6.48. The normalized spacial score (nSPS) is 10.7. The number of nitrogens with one attached hydrogen (secondary N) is 2. The molecule has 0 saturated carbocycles. The number of hydrogen-bond acceptors (Lipinski definition) is 2. The van der Waals surface area contributed by atoms with Crippen LogP contribution in [-0.2, 0) is 0 Å². The first-order chi connectivity index (χ1) is 5.41. The third kappa shape index (κ3) is 9.50. The summed E-state index contributed by atoms with van der Waals surface area (Å²) in [7, 11) is 0. The third-order valence-electron chi connectivity index (χ3n) is 1.32. The molecule has 0 atom stereocenters. The summed E-state index contributed by atoms with van der Waals surface area (Å²) in [5.74, 6) is 0. The fourth-order valence-electron chi connectivity index (χ4n) is 0.732. The molecule has 66 valence electrons.